The molecular weight excluding hydrogens is 326 g/mol. The highest BCUT2D eigenvalue weighted by atomic mass is 16.6. The van der Waals surface area contributed by atoms with Crippen molar-refractivity contribution in [1.82, 2.24) is 9.88 Å². The smallest absolute Gasteiger partial charge is 0.409 e. The fraction of sp³-hybridized carbons (Fsp3) is 0.471. The molecule has 2 aromatic rings. The number of benzene rings is 1. The number of carbonyl (C=O) groups is 2. The van der Waals surface area contributed by atoms with Crippen LogP contribution in [0.5, 0.6) is 0 Å². The highest BCUT2D eigenvalue weighted by Gasteiger charge is 2.35. The van der Waals surface area contributed by atoms with Gasteiger partial charge in [0.05, 0.1) is 12.2 Å². The van der Waals surface area contributed by atoms with Crippen molar-refractivity contribution in [3.8, 4) is 0 Å². The van der Waals surface area contributed by atoms with Crippen molar-refractivity contribution < 1.29 is 23.8 Å². The molecule has 8 nitrogen and oxygen atoms in total. The summed E-state index contributed by atoms with van der Waals surface area (Å²) in [5.74, 6) is -1.04. The maximum Gasteiger partial charge on any atom is 0.409 e. The third-order valence-electron chi connectivity index (χ3n) is 4.30. The second-order valence-corrected chi connectivity index (χ2v) is 6.16. The van der Waals surface area contributed by atoms with Crippen LogP contribution in [-0.2, 0) is 4.74 Å². The number of anilines is 1. The Kier molecular flexibility index (Phi) is 4.52. The molecule has 1 aromatic carbocycles. The van der Waals surface area contributed by atoms with E-state index in [9.17, 15) is 14.7 Å². The lowest BCUT2D eigenvalue weighted by atomic mass is 10.1. The molecule has 3 rings (SSSR count). The number of carbonyl (C=O) groups excluding carboxylic acids is 1. The summed E-state index contributed by atoms with van der Waals surface area (Å²) in [4.78, 5) is 31.4. The van der Waals surface area contributed by atoms with Gasteiger partial charge in [-0.3, -0.25) is 0 Å². The minimum absolute atomic E-state index is 0.0468. The number of carboxylic acid groups (broad SMARTS) is 1. The van der Waals surface area contributed by atoms with Crippen molar-refractivity contribution in [2.45, 2.75) is 32.9 Å². The number of carboxylic acids is 1. The third kappa shape index (κ3) is 3.11. The monoisotopic (exact) mass is 347 g/mol. The Hall–Kier alpha value is -2.77. The molecule has 0 saturated carbocycles. The zero-order valence-corrected chi connectivity index (χ0v) is 14.4. The first kappa shape index (κ1) is 17.1. The van der Waals surface area contributed by atoms with E-state index in [4.69, 9.17) is 9.15 Å². The van der Waals surface area contributed by atoms with Crippen LogP contribution in [0.1, 0.15) is 31.1 Å². The van der Waals surface area contributed by atoms with Crippen LogP contribution in [0.3, 0.4) is 0 Å². The largest absolute Gasteiger partial charge is 0.478 e. The van der Waals surface area contributed by atoms with Crippen LogP contribution in [0.15, 0.2) is 22.6 Å². The zero-order chi connectivity index (χ0) is 18.1. The fourth-order valence-electron chi connectivity index (χ4n) is 3.28. The standard InChI is InChI=1S/C17H21N3O5/c1-4-24-17(23)19-8-10(2)20(11(3)9-19)16-18-14-12(15(21)22)6-5-7-13(14)25-16/h5-7,10-11H,4,8-9H2,1-3H3,(H,21,22). The van der Waals surface area contributed by atoms with Crippen LogP contribution in [-0.4, -0.2) is 58.8 Å². The van der Waals surface area contributed by atoms with Gasteiger partial charge in [0.25, 0.3) is 6.01 Å². The van der Waals surface area contributed by atoms with Crippen molar-refractivity contribution in [3.63, 3.8) is 0 Å². The van der Waals surface area contributed by atoms with E-state index in [0.29, 0.717) is 36.8 Å². The summed E-state index contributed by atoms with van der Waals surface area (Å²) in [6.45, 7) is 7.01. The molecule has 25 heavy (non-hydrogen) atoms. The lowest BCUT2D eigenvalue weighted by molar-refractivity contribution is 0.0698. The topological polar surface area (TPSA) is 96.1 Å². The van der Waals surface area contributed by atoms with E-state index in [2.05, 4.69) is 4.98 Å². The molecule has 8 heteroatoms. The molecule has 1 aliphatic heterocycles. The first-order valence-electron chi connectivity index (χ1n) is 8.25. The van der Waals surface area contributed by atoms with Gasteiger partial charge >= 0.3 is 12.1 Å². The van der Waals surface area contributed by atoms with Gasteiger partial charge in [0.15, 0.2) is 5.58 Å². The van der Waals surface area contributed by atoms with Gasteiger partial charge in [-0.25, -0.2) is 9.59 Å². The molecule has 2 atom stereocenters. The van der Waals surface area contributed by atoms with Crippen LogP contribution >= 0.6 is 0 Å². The molecule has 0 spiro atoms. The minimum Gasteiger partial charge on any atom is -0.478 e. The molecule has 1 aliphatic rings. The molecule has 1 N–H and O–H groups in total. The van der Waals surface area contributed by atoms with Gasteiger partial charge in [-0.15, -0.1) is 0 Å². The van der Waals surface area contributed by atoms with E-state index in [1.165, 1.54) is 6.07 Å². The number of ether oxygens (including phenoxy) is 1. The Labute approximate surface area is 145 Å². The quantitative estimate of drug-likeness (QED) is 0.911. The van der Waals surface area contributed by atoms with Gasteiger partial charge in [-0.2, -0.15) is 4.98 Å². The van der Waals surface area contributed by atoms with Crippen LogP contribution in [0.4, 0.5) is 10.8 Å². The highest BCUT2D eigenvalue weighted by molar-refractivity contribution is 6.00. The van der Waals surface area contributed by atoms with Crippen LogP contribution in [0, 0.1) is 0 Å². The van der Waals surface area contributed by atoms with Crippen molar-refractivity contribution in [2.75, 3.05) is 24.6 Å². The van der Waals surface area contributed by atoms with E-state index in [0.717, 1.165) is 0 Å². The predicted octanol–water partition coefficient (Wildman–Crippen LogP) is 2.58. The van der Waals surface area contributed by atoms with Gasteiger partial charge in [-0.05, 0) is 32.9 Å². The fourth-order valence-corrected chi connectivity index (χ4v) is 3.28. The van der Waals surface area contributed by atoms with Gasteiger partial charge in [0.2, 0.25) is 0 Å². The summed E-state index contributed by atoms with van der Waals surface area (Å²) in [5.41, 5.74) is 0.873. The molecule has 1 amide bonds. The Morgan fingerprint density at radius 1 is 1.32 bits per heavy atom. The number of amides is 1. The number of hydrogen-bond donors (Lipinski definition) is 1. The first-order valence-corrected chi connectivity index (χ1v) is 8.25. The normalized spacial score (nSPS) is 20.8. The number of nitrogens with zero attached hydrogens (tertiary/aromatic N) is 3. The van der Waals surface area contributed by atoms with E-state index in [-0.39, 0.29) is 23.7 Å². The van der Waals surface area contributed by atoms with Crippen LogP contribution < -0.4 is 4.90 Å². The minimum atomic E-state index is -1.04. The number of rotatable bonds is 3. The average Bonchev–Trinajstić information content (AvgIpc) is 2.97. The predicted molar refractivity (Wildman–Crippen MR) is 91.0 cm³/mol. The van der Waals surface area contributed by atoms with Gasteiger partial charge in [0.1, 0.15) is 5.52 Å². The van der Waals surface area contributed by atoms with Gasteiger partial charge in [-0.1, -0.05) is 6.07 Å². The first-order chi connectivity index (χ1) is 11.9. The van der Waals surface area contributed by atoms with E-state index >= 15 is 0 Å². The summed E-state index contributed by atoms with van der Waals surface area (Å²) in [6.07, 6.45) is -0.327. The van der Waals surface area contributed by atoms with Crippen LogP contribution in [0.2, 0.25) is 0 Å². The summed E-state index contributed by atoms with van der Waals surface area (Å²) in [7, 11) is 0. The maximum absolute atomic E-state index is 12.0. The van der Waals surface area contributed by atoms with Gasteiger partial charge in [0, 0.05) is 25.2 Å². The summed E-state index contributed by atoms with van der Waals surface area (Å²) in [5, 5.41) is 9.30. The second kappa shape index (κ2) is 6.62. The number of hydrogen-bond acceptors (Lipinski definition) is 6. The Bertz CT molecular complexity index is 791. The second-order valence-electron chi connectivity index (χ2n) is 6.16. The highest BCUT2D eigenvalue weighted by Crippen LogP contribution is 2.29. The number of piperazine rings is 1. The molecule has 0 bridgehead atoms. The molecule has 2 heterocycles. The van der Waals surface area contributed by atoms with E-state index in [1.54, 1.807) is 24.0 Å². The Morgan fingerprint density at radius 2 is 2.00 bits per heavy atom. The number of aromatic nitrogens is 1. The SMILES string of the molecule is CCOC(=O)N1CC(C)N(c2nc3c(C(=O)O)cccc3o2)C(C)C1. The van der Waals surface area contributed by atoms with Gasteiger partial charge < -0.3 is 24.1 Å². The molecule has 2 unspecified atom stereocenters. The molecule has 0 radical (unpaired) electrons. The molecule has 1 aromatic heterocycles. The molecule has 1 fully saturated rings. The third-order valence-corrected chi connectivity index (χ3v) is 4.30. The zero-order valence-electron chi connectivity index (χ0n) is 14.4. The maximum atomic E-state index is 12.0. The summed E-state index contributed by atoms with van der Waals surface area (Å²) >= 11 is 0. The van der Waals surface area contributed by atoms with Crippen LogP contribution in [0.25, 0.3) is 11.1 Å². The average molecular weight is 347 g/mol. The molecular formula is C17H21N3O5. The lowest BCUT2D eigenvalue weighted by Gasteiger charge is -2.42. The number of aromatic carboxylic acids is 1. The van der Waals surface area contributed by atoms with E-state index < -0.39 is 5.97 Å². The number of oxazole rings is 1. The summed E-state index contributed by atoms with van der Waals surface area (Å²) < 4.78 is 10.9. The molecule has 134 valence electrons. The number of para-hydroxylation sites is 1. The van der Waals surface area contributed by atoms with Crippen molar-refractivity contribution in [1.29, 1.82) is 0 Å². The van der Waals surface area contributed by atoms with E-state index in [1.807, 2.05) is 18.7 Å². The van der Waals surface area contributed by atoms with Crippen molar-refractivity contribution >= 4 is 29.2 Å². The molecule has 0 aliphatic carbocycles. The van der Waals surface area contributed by atoms with Crippen molar-refractivity contribution in [3.05, 3.63) is 23.8 Å². The Morgan fingerprint density at radius 3 is 2.60 bits per heavy atom. The lowest BCUT2D eigenvalue weighted by Crippen LogP contribution is -2.58. The van der Waals surface area contributed by atoms with Crippen molar-refractivity contribution in [2.24, 2.45) is 0 Å². The number of fused-ring (bicyclic) bond motifs is 1. The summed E-state index contributed by atoms with van der Waals surface area (Å²) in [6, 6.07) is 5.10. The molecule has 1 saturated heterocycles. The Balaban J connectivity index is 1.89.